The van der Waals surface area contributed by atoms with Crippen LogP contribution >= 0.6 is 0 Å². The van der Waals surface area contributed by atoms with Gasteiger partial charge in [-0.2, -0.15) is 0 Å². The van der Waals surface area contributed by atoms with Crippen LogP contribution in [0.3, 0.4) is 0 Å². The Balaban J connectivity index is 1.31. The molecular formula is C36H36O5. The number of carbonyl (C=O) groups excluding carboxylic acids is 2. The Morgan fingerprint density at radius 1 is 0.707 bits per heavy atom. The third kappa shape index (κ3) is 8.42. The quantitative estimate of drug-likeness (QED) is 0.0723. The average Bonchev–Trinajstić information content (AvgIpc) is 3.02. The van der Waals surface area contributed by atoms with Crippen molar-refractivity contribution in [2.24, 2.45) is 5.92 Å². The van der Waals surface area contributed by atoms with Crippen LogP contribution in [0.2, 0.25) is 0 Å². The first kappa shape index (κ1) is 29.3. The van der Waals surface area contributed by atoms with Crippen LogP contribution < -0.4 is 9.47 Å². The van der Waals surface area contributed by atoms with E-state index in [1.165, 1.54) is 0 Å². The molecule has 0 N–H and O–H groups in total. The van der Waals surface area contributed by atoms with Gasteiger partial charge in [0.05, 0.1) is 24.3 Å². The number of benzene rings is 4. The summed E-state index contributed by atoms with van der Waals surface area (Å²) in [6.07, 6.45) is 4.73. The molecule has 0 aromatic heterocycles. The first-order valence-corrected chi connectivity index (χ1v) is 14.0. The summed E-state index contributed by atoms with van der Waals surface area (Å²) in [6, 6.07) is 29.8. The number of carbonyl (C=O) groups is 2. The summed E-state index contributed by atoms with van der Waals surface area (Å²) in [4.78, 5) is 25.0. The molecule has 210 valence electrons. The van der Waals surface area contributed by atoms with Gasteiger partial charge in [0.25, 0.3) is 0 Å². The zero-order valence-corrected chi connectivity index (χ0v) is 23.7. The Labute approximate surface area is 242 Å². The molecule has 0 aliphatic carbocycles. The highest BCUT2D eigenvalue weighted by molar-refractivity contribution is 5.92. The molecule has 0 saturated carbocycles. The number of allylic oxidation sites excluding steroid dienone is 1. The zero-order valence-electron chi connectivity index (χ0n) is 23.7. The predicted octanol–water partition coefficient (Wildman–Crippen LogP) is 8.79. The van der Waals surface area contributed by atoms with E-state index in [0.29, 0.717) is 36.0 Å². The van der Waals surface area contributed by atoms with Gasteiger partial charge in [0.15, 0.2) is 0 Å². The second-order valence-electron chi connectivity index (χ2n) is 9.98. The van der Waals surface area contributed by atoms with E-state index in [0.717, 1.165) is 47.3 Å². The molecule has 41 heavy (non-hydrogen) atoms. The van der Waals surface area contributed by atoms with E-state index in [9.17, 15) is 9.59 Å². The van der Waals surface area contributed by atoms with Crippen molar-refractivity contribution >= 4 is 11.9 Å². The van der Waals surface area contributed by atoms with Gasteiger partial charge in [0.1, 0.15) is 11.5 Å². The van der Waals surface area contributed by atoms with Gasteiger partial charge in [-0.3, -0.25) is 0 Å². The molecule has 0 heterocycles. The van der Waals surface area contributed by atoms with E-state index in [4.69, 9.17) is 14.2 Å². The van der Waals surface area contributed by atoms with Crippen LogP contribution in [-0.4, -0.2) is 25.2 Å². The van der Waals surface area contributed by atoms with Crippen molar-refractivity contribution in [2.75, 3.05) is 13.2 Å². The molecule has 0 aliphatic heterocycles. The third-order valence-corrected chi connectivity index (χ3v) is 6.84. The van der Waals surface area contributed by atoms with Gasteiger partial charge in [-0.25, -0.2) is 9.59 Å². The third-order valence-electron chi connectivity index (χ3n) is 6.84. The maximum Gasteiger partial charge on any atom is 0.343 e. The zero-order chi connectivity index (χ0) is 29.0. The van der Waals surface area contributed by atoms with Crippen molar-refractivity contribution in [1.82, 2.24) is 0 Å². The molecule has 0 bridgehead atoms. The molecule has 5 heteroatoms. The van der Waals surface area contributed by atoms with Gasteiger partial charge in [-0.1, -0.05) is 74.9 Å². The molecule has 4 aromatic carbocycles. The van der Waals surface area contributed by atoms with Crippen molar-refractivity contribution in [3.8, 4) is 33.8 Å². The number of hydrogen-bond donors (Lipinski definition) is 0. The summed E-state index contributed by atoms with van der Waals surface area (Å²) in [7, 11) is 0. The van der Waals surface area contributed by atoms with Crippen LogP contribution in [0.15, 0.2) is 110 Å². The standard InChI is InChI=1S/C36H36O5/c1-4-6-7-24-39-33-20-16-29(17-21-33)28-10-14-32(15-11-28)36(38)41-34-22-18-30(19-23-34)27-8-12-31(13-9-27)35(37)40-25-26(3)5-2/h4,8-23,26H,1,5-7,24-25H2,2-3H3/t26-/m0/s1. The largest absolute Gasteiger partial charge is 0.494 e. The molecule has 0 saturated heterocycles. The highest BCUT2D eigenvalue weighted by Crippen LogP contribution is 2.25. The average molecular weight is 549 g/mol. The summed E-state index contributed by atoms with van der Waals surface area (Å²) in [5.74, 6) is 0.889. The minimum Gasteiger partial charge on any atom is -0.494 e. The highest BCUT2D eigenvalue weighted by atomic mass is 16.5. The molecule has 0 aliphatic rings. The van der Waals surface area contributed by atoms with Crippen molar-refractivity contribution in [3.05, 3.63) is 121 Å². The fourth-order valence-corrected chi connectivity index (χ4v) is 4.06. The van der Waals surface area contributed by atoms with Crippen molar-refractivity contribution in [2.45, 2.75) is 33.1 Å². The summed E-state index contributed by atoms with van der Waals surface area (Å²) in [6.45, 7) is 8.93. The molecule has 0 fully saturated rings. The minimum atomic E-state index is -0.423. The normalized spacial score (nSPS) is 11.4. The van der Waals surface area contributed by atoms with E-state index in [-0.39, 0.29) is 5.97 Å². The van der Waals surface area contributed by atoms with Crippen molar-refractivity contribution < 1.29 is 23.8 Å². The van der Waals surface area contributed by atoms with Crippen LogP contribution in [0.5, 0.6) is 11.5 Å². The first-order chi connectivity index (χ1) is 20.0. The van der Waals surface area contributed by atoms with Gasteiger partial charge < -0.3 is 14.2 Å². The first-order valence-electron chi connectivity index (χ1n) is 14.0. The molecule has 4 rings (SSSR count). The predicted molar refractivity (Wildman–Crippen MR) is 163 cm³/mol. The Hall–Kier alpha value is -4.64. The number of esters is 2. The fraction of sp³-hybridized carbons (Fsp3) is 0.222. The topological polar surface area (TPSA) is 61.8 Å². The Morgan fingerprint density at radius 3 is 1.66 bits per heavy atom. The second kappa shape index (κ2) is 14.7. The highest BCUT2D eigenvalue weighted by Gasteiger charge is 2.11. The van der Waals surface area contributed by atoms with Crippen molar-refractivity contribution in [1.29, 1.82) is 0 Å². The molecule has 4 aromatic rings. The number of unbranched alkanes of at least 4 members (excludes halogenated alkanes) is 1. The SMILES string of the molecule is C=CCCCOc1ccc(-c2ccc(C(=O)Oc3ccc(-c4ccc(C(=O)OC[C@@H](C)CC)cc4)cc3)cc2)cc1. The molecule has 0 radical (unpaired) electrons. The van der Waals surface area contributed by atoms with Crippen LogP contribution in [-0.2, 0) is 4.74 Å². The minimum absolute atomic E-state index is 0.315. The van der Waals surface area contributed by atoms with E-state index in [1.807, 2.05) is 66.7 Å². The van der Waals surface area contributed by atoms with Gasteiger partial charge in [0.2, 0.25) is 0 Å². The lowest BCUT2D eigenvalue weighted by molar-refractivity contribution is 0.0447. The Bertz CT molecular complexity index is 1420. The summed E-state index contributed by atoms with van der Waals surface area (Å²) in [5.41, 5.74) is 4.92. The maximum absolute atomic E-state index is 12.7. The Morgan fingerprint density at radius 2 is 1.17 bits per heavy atom. The lowest BCUT2D eigenvalue weighted by Crippen LogP contribution is -2.11. The lowest BCUT2D eigenvalue weighted by atomic mass is 10.0. The fourth-order valence-electron chi connectivity index (χ4n) is 4.06. The molecule has 1 atom stereocenters. The summed E-state index contributed by atoms with van der Waals surface area (Å²) < 4.78 is 16.7. The monoisotopic (exact) mass is 548 g/mol. The van der Waals surface area contributed by atoms with Gasteiger partial charge in [0, 0.05) is 0 Å². The molecule has 0 unspecified atom stereocenters. The van der Waals surface area contributed by atoms with E-state index < -0.39 is 5.97 Å². The van der Waals surface area contributed by atoms with E-state index in [1.54, 1.807) is 36.4 Å². The Kier molecular flexibility index (Phi) is 10.5. The van der Waals surface area contributed by atoms with Gasteiger partial charge in [-0.15, -0.1) is 6.58 Å². The van der Waals surface area contributed by atoms with E-state index in [2.05, 4.69) is 20.4 Å². The second-order valence-corrected chi connectivity index (χ2v) is 9.98. The van der Waals surface area contributed by atoms with Crippen molar-refractivity contribution in [3.63, 3.8) is 0 Å². The molecular weight excluding hydrogens is 512 g/mol. The molecule has 5 nitrogen and oxygen atoms in total. The summed E-state index contributed by atoms with van der Waals surface area (Å²) >= 11 is 0. The number of ether oxygens (including phenoxy) is 3. The maximum atomic E-state index is 12.7. The van der Waals surface area contributed by atoms with Crippen LogP contribution in [0, 0.1) is 5.92 Å². The number of rotatable bonds is 13. The van der Waals surface area contributed by atoms with Gasteiger partial charge in [-0.05, 0) is 89.5 Å². The van der Waals surface area contributed by atoms with Crippen LogP contribution in [0.4, 0.5) is 0 Å². The van der Waals surface area contributed by atoms with Crippen LogP contribution in [0.25, 0.3) is 22.3 Å². The van der Waals surface area contributed by atoms with Gasteiger partial charge >= 0.3 is 11.9 Å². The van der Waals surface area contributed by atoms with E-state index >= 15 is 0 Å². The lowest BCUT2D eigenvalue weighted by Gasteiger charge is -2.10. The smallest absolute Gasteiger partial charge is 0.343 e. The molecule has 0 amide bonds. The summed E-state index contributed by atoms with van der Waals surface area (Å²) in [5, 5.41) is 0. The van der Waals surface area contributed by atoms with Crippen LogP contribution in [0.1, 0.15) is 53.8 Å². The molecule has 0 spiro atoms. The number of hydrogen-bond acceptors (Lipinski definition) is 5.